The molecule has 0 saturated heterocycles. The van der Waals surface area contributed by atoms with Crippen LogP contribution in [0, 0.1) is 0 Å². The van der Waals surface area contributed by atoms with Crippen LogP contribution in [0.5, 0.6) is 0 Å². The Hall–Kier alpha value is -1.35. The highest BCUT2D eigenvalue weighted by molar-refractivity contribution is 5.69. The largest absolute Gasteiger partial charge is 0.461 e. The molecule has 100 valence electrons. The van der Waals surface area contributed by atoms with Crippen molar-refractivity contribution in [3.05, 3.63) is 35.9 Å². The van der Waals surface area contributed by atoms with Gasteiger partial charge in [-0.2, -0.15) is 0 Å². The molecule has 1 rings (SSSR count). The lowest BCUT2D eigenvalue weighted by molar-refractivity contribution is -0.145. The first kappa shape index (κ1) is 14.7. The van der Waals surface area contributed by atoms with E-state index < -0.39 is 0 Å². The number of benzene rings is 1. The summed E-state index contributed by atoms with van der Waals surface area (Å²) in [5, 5.41) is 9.08. The number of hydrogen-bond acceptors (Lipinski definition) is 3. The number of hydrogen-bond donors (Lipinski definition) is 1. The van der Waals surface area contributed by atoms with Gasteiger partial charge in [0.2, 0.25) is 0 Å². The molecule has 0 spiro atoms. The highest BCUT2D eigenvalue weighted by Crippen LogP contribution is 2.07. The van der Waals surface area contributed by atoms with E-state index in [4.69, 9.17) is 9.84 Å². The van der Waals surface area contributed by atoms with E-state index in [1.54, 1.807) is 6.92 Å². The molecule has 0 aliphatic heterocycles. The topological polar surface area (TPSA) is 46.5 Å². The molecule has 3 heteroatoms. The number of ether oxygens (including phenoxy) is 1. The van der Waals surface area contributed by atoms with Gasteiger partial charge in [0.05, 0.1) is 6.10 Å². The SMILES string of the molecule is CC(O)CCCCCC(=O)OCc1ccccc1. The second-order valence-electron chi connectivity index (χ2n) is 4.59. The third-order valence-electron chi connectivity index (χ3n) is 2.75. The average molecular weight is 250 g/mol. The van der Waals surface area contributed by atoms with Crippen molar-refractivity contribution in [2.75, 3.05) is 0 Å². The van der Waals surface area contributed by atoms with Crippen molar-refractivity contribution in [2.45, 2.75) is 51.7 Å². The number of rotatable bonds is 8. The summed E-state index contributed by atoms with van der Waals surface area (Å²) in [5.74, 6) is -0.143. The summed E-state index contributed by atoms with van der Waals surface area (Å²) in [5.41, 5.74) is 1.01. The van der Waals surface area contributed by atoms with Crippen LogP contribution in [0.3, 0.4) is 0 Å². The first-order valence-electron chi connectivity index (χ1n) is 6.56. The minimum Gasteiger partial charge on any atom is -0.461 e. The summed E-state index contributed by atoms with van der Waals surface area (Å²) in [6.45, 7) is 2.14. The Bertz CT molecular complexity index is 333. The van der Waals surface area contributed by atoms with Gasteiger partial charge in [0, 0.05) is 6.42 Å². The summed E-state index contributed by atoms with van der Waals surface area (Å²) in [6.07, 6.45) is 3.79. The van der Waals surface area contributed by atoms with Crippen molar-refractivity contribution in [1.29, 1.82) is 0 Å². The van der Waals surface area contributed by atoms with Gasteiger partial charge in [-0.15, -0.1) is 0 Å². The van der Waals surface area contributed by atoms with Crippen molar-refractivity contribution in [3.8, 4) is 0 Å². The van der Waals surface area contributed by atoms with Crippen LogP contribution >= 0.6 is 0 Å². The van der Waals surface area contributed by atoms with Gasteiger partial charge in [0.25, 0.3) is 0 Å². The normalized spacial score (nSPS) is 12.1. The third-order valence-corrected chi connectivity index (χ3v) is 2.75. The fourth-order valence-electron chi connectivity index (χ4n) is 1.70. The average Bonchev–Trinajstić information content (AvgIpc) is 2.37. The number of aliphatic hydroxyl groups excluding tert-OH is 1. The van der Waals surface area contributed by atoms with Crippen molar-refractivity contribution >= 4 is 5.97 Å². The zero-order valence-electron chi connectivity index (χ0n) is 11.0. The quantitative estimate of drug-likeness (QED) is 0.569. The molecule has 0 aliphatic rings. The van der Waals surface area contributed by atoms with E-state index in [0.29, 0.717) is 13.0 Å². The smallest absolute Gasteiger partial charge is 0.306 e. The maximum absolute atomic E-state index is 11.4. The Morgan fingerprint density at radius 3 is 2.61 bits per heavy atom. The number of unbranched alkanes of at least 4 members (excludes halogenated alkanes) is 2. The molecule has 0 fully saturated rings. The molecule has 0 bridgehead atoms. The number of esters is 1. The minimum atomic E-state index is -0.241. The summed E-state index contributed by atoms with van der Waals surface area (Å²) in [7, 11) is 0. The van der Waals surface area contributed by atoms with Crippen molar-refractivity contribution in [3.63, 3.8) is 0 Å². The van der Waals surface area contributed by atoms with Crippen LogP contribution in [0.15, 0.2) is 30.3 Å². The van der Waals surface area contributed by atoms with E-state index in [0.717, 1.165) is 31.2 Å². The number of carbonyl (C=O) groups is 1. The molecule has 0 amide bonds. The maximum atomic E-state index is 11.4. The van der Waals surface area contributed by atoms with Gasteiger partial charge in [-0.3, -0.25) is 4.79 Å². The lowest BCUT2D eigenvalue weighted by atomic mass is 10.1. The van der Waals surface area contributed by atoms with E-state index in [-0.39, 0.29) is 12.1 Å². The summed E-state index contributed by atoms with van der Waals surface area (Å²) < 4.78 is 5.17. The zero-order valence-corrected chi connectivity index (χ0v) is 11.0. The summed E-state index contributed by atoms with van der Waals surface area (Å²) in [6, 6.07) is 9.68. The second-order valence-corrected chi connectivity index (χ2v) is 4.59. The van der Waals surface area contributed by atoms with Crippen LogP contribution in [-0.2, 0) is 16.1 Å². The Labute approximate surface area is 109 Å². The van der Waals surface area contributed by atoms with Crippen LogP contribution in [0.4, 0.5) is 0 Å². The Morgan fingerprint density at radius 2 is 1.94 bits per heavy atom. The minimum absolute atomic E-state index is 0.143. The molecule has 1 aromatic carbocycles. The molecule has 18 heavy (non-hydrogen) atoms. The van der Waals surface area contributed by atoms with Crippen molar-refractivity contribution < 1.29 is 14.6 Å². The van der Waals surface area contributed by atoms with E-state index >= 15 is 0 Å². The third kappa shape index (κ3) is 7.07. The predicted molar refractivity (Wildman–Crippen MR) is 71.0 cm³/mol. The molecular weight excluding hydrogens is 228 g/mol. The number of aliphatic hydroxyl groups is 1. The van der Waals surface area contributed by atoms with Crippen LogP contribution < -0.4 is 0 Å². The van der Waals surface area contributed by atoms with Gasteiger partial charge in [-0.1, -0.05) is 43.2 Å². The summed E-state index contributed by atoms with van der Waals surface area (Å²) >= 11 is 0. The summed E-state index contributed by atoms with van der Waals surface area (Å²) in [4.78, 5) is 11.4. The fourth-order valence-corrected chi connectivity index (χ4v) is 1.70. The molecule has 1 unspecified atom stereocenters. The van der Waals surface area contributed by atoms with E-state index in [1.165, 1.54) is 0 Å². The van der Waals surface area contributed by atoms with E-state index in [2.05, 4.69) is 0 Å². The highest BCUT2D eigenvalue weighted by Gasteiger charge is 2.03. The molecule has 0 aliphatic carbocycles. The number of carbonyl (C=O) groups excluding carboxylic acids is 1. The molecule has 3 nitrogen and oxygen atoms in total. The standard InChI is InChI=1S/C15H22O3/c1-13(16)8-4-2-7-11-15(17)18-12-14-9-5-3-6-10-14/h3,5-6,9-10,13,16H,2,4,7-8,11-12H2,1H3. The molecule has 0 heterocycles. The Balaban J connectivity index is 2.04. The molecule has 1 N–H and O–H groups in total. The molecule has 0 radical (unpaired) electrons. The second kappa shape index (κ2) is 8.70. The van der Waals surface area contributed by atoms with Crippen LogP contribution in [0.2, 0.25) is 0 Å². The molecule has 1 aromatic rings. The monoisotopic (exact) mass is 250 g/mol. The van der Waals surface area contributed by atoms with Crippen molar-refractivity contribution in [1.82, 2.24) is 0 Å². The molecular formula is C15H22O3. The Morgan fingerprint density at radius 1 is 1.22 bits per heavy atom. The highest BCUT2D eigenvalue weighted by atomic mass is 16.5. The lowest BCUT2D eigenvalue weighted by Gasteiger charge is -2.05. The van der Waals surface area contributed by atoms with E-state index in [1.807, 2.05) is 30.3 Å². The van der Waals surface area contributed by atoms with Crippen LogP contribution in [-0.4, -0.2) is 17.2 Å². The zero-order chi connectivity index (χ0) is 13.2. The maximum Gasteiger partial charge on any atom is 0.306 e. The van der Waals surface area contributed by atoms with Gasteiger partial charge in [0.15, 0.2) is 0 Å². The van der Waals surface area contributed by atoms with Gasteiger partial charge in [-0.05, 0) is 25.3 Å². The van der Waals surface area contributed by atoms with Crippen LogP contribution in [0.1, 0.15) is 44.6 Å². The van der Waals surface area contributed by atoms with Gasteiger partial charge < -0.3 is 9.84 Å². The lowest BCUT2D eigenvalue weighted by Crippen LogP contribution is -2.04. The van der Waals surface area contributed by atoms with Gasteiger partial charge in [-0.25, -0.2) is 0 Å². The molecule has 1 atom stereocenters. The van der Waals surface area contributed by atoms with Crippen LogP contribution in [0.25, 0.3) is 0 Å². The Kier molecular flexibility index (Phi) is 7.11. The first-order chi connectivity index (χ1) is 8.68. The predicted octanol–water partition coefficient (Wildman–Crippen LogP) is 3.06. The van der Waals surface area contributed by atoms with Gasteiger partial charge in [0.1, 0.15) is 6.61 Å². The fraction of sp³-hybridized carbons (Fsp3) is 0.533. The van der Waals surface area contributed by atoms with E-state index in [9.17, 15) is 4.79 Å². The van der Waals surface area contributed by atoms with Crippen molar-refractivity contribution in [2.24, 2.45) is 0 Å². The first-order valence-corrected chi connectivity index (χ1v) is 6.56. The molecule has 0 aromatic heterocycles. The molecule has 0 saturated carbocycles. The van der Waals surface area contributed by atoms with Gasteiger partial charge >= 0.3 is 5.97 Å².